The first-order valence-corrected chi connectivity index (χ1v) is 9.01. The third-order valence-electron chi connectivity index (χ3n) is 5.30. The minimum atomic E-state index is -0.927. The first kappa shape index (κ1) is 17.7. The number of rotatable bonds is 6. The maximum Gasteiger partial charge on any atom is 0.325 e. The van der Waals surface area contributed by atoms with Gasteiger partial charge in [0.2, 0.25) is 0 Å². The van der Waals surface area contributed by atoms with Crippen LogP contribution in [-0.4, -0.2) is 46.7 Å². The van der Waals surface area contributed by atoms with E-state index >= 15 is 0 Å². The van der Waals surface area contributed by atoms with Gasteiger partial charge >= 0.3 is 6.03 Å². The van der Waals surface area contributed by atoms with E-state index in [2.05, 4.69) is 5.32 Å². The molecule has 136 valence electrons. The number of aliphatic hydroxyl groups is 1. The lowest BCUT2D eigenvalue weighted by atomic mass is 9.75. The largest absolute Gasteiger partial charge is 0.491 e. The van der Waals surface area contributed by atoms with Gasteiger partial charge < -0.3 is 15.2 Å². The third-order valence-corrected chi connectivity index (χ3v) is 5.30. The van der Waals surface area contributed by atoms with Crippen molar-refractivity contribution < 1.29 is 19.4 Å². The Hall–Kier alpha value is -2.08. The molecule has 1 aromatic carbocycles. The van der Waals surface area contributed by atoms with E-state index < -0.39 is 17.7 Å². The van der Waals surface area contributed by atoms with Crippen LogP contribution in [0.25, 0.3) is 0 Å². The van der Waals surface area contributed by atoms with Crippen molar-refractivity contribution in [1.82, 2.24) is 10.2 Å². The third kappa shape index (κ3) is 3.79. The molecule has 6 heteroatoms. The Balaban J connectivity index is 1.58. The second-order valence-electron chi connectivity index (χ2n) is 7.16. The summed E-state index contributed by atoms with van der Waals surface area (Å²) >= 11 is 0. The van der Waals surface area contributed by atoms with Gasteiger partial charge in [-0.1, -0.05) is 37.5 Å². The number of urea groups is 1. The van der Waals surface area contributed by atoms with E-state index in [0.717, 1.165) is 30.6 Å². The molecule has 1 saturated carbocycles. The molecule has 1 saturated heterocycles. The lowest BCUT2D eigenvalue weighted by Gasteiger charge is -2.34. The van der Waals surface area contributed by atoms with Crippen LogP contribution >= 0.6 is 0 Å². The van der Waals surface area contributed by atoms with Crippen molar-refractivity contribution in [3.8, 4) is 5.75 Å². The Bertz CT molecular complexity index is 615. The topological polar surface area (TPSA) is 78.9 Å². The van der Waals surface area contributed by atoms with Crippen LogP contribution in [0.2, 0.25) is 0 Å². The highest BCUT2D eigenvalue weighted by atomic mass is 16.5. The molecule has 2 aliphatic rings. The van der Waals surface area contributed by atoms with Crippen LogP contribution in [0.3, 0.4) is 0 Å². The molecule has 1 aliphatic heterocycles. The number of ether oxygens (including phenoxy) is 1. The fraction of sp³-hybridized carbons (Fsp3) is 0.579. The highest BCUT2D eigenvalue weighted by Crippen LogP contribution is 2.36. The van der Waals surface area contributed by atoms with Crippen LogP contribution in [0.15, 0.2) is 30.3 Å². The summed E-state index contributed by atoms with van der Waals surface area (Å²) in [6.07, 6.45) is 4.36. The van der Waals surface area contributed by atoms with Crippen LogP contribution in [0, 0.1) is 5.92 Å². The van der Waals surface area contributed by atoms with E-state index in [0.29, 0.717) is 5.75 Å². The summed E-state index contributed by atoms with van der Waals surface area (Å²) in [5.41, 5.74) is -0.850. The monoisotopic (exact) mass is 346 g/mol. The number of carbonyl (C=O) groups excluding carboxylic acids is 2. The molecule has 3 rings (SSSR count). The predicted octanol–water partition coefficient (Wildman–Crippen LogP) is 2.32. The Morgan fingerprint density at radius 1 is 1.24 bits per heavy atom. The van der Waals surface area contributed by atoms with Gasteiger partial charge in [-0.25, -0.2) is 4.79 Å². The van der Waals surface area contributed by atoms with Crippen molar-refractivity contribution in [2.45, 2.75) is 50.7 Å². The number of nitrogens with one attached hydrogen (secondary N) is 1. The number of hydrogen-bond donors (Lipinski definition) is 2. The Morgan fingerprint density at radius 2 is 1.92 bits per heavy atom. The number of hydrogen-bond acceptors (Lipinski definition) is 4. The fourth-order valence-corrected chi connectivity index (χ4v) is 3.81. The Labute approximate surface area is 148 Å². The van der Waals surface area contributed by atoms with Crippen LogP contribution in [-0.2, 0) is 4.79 Å². The minimum Gasteiger partial charge on any atom is -0.491 e. The van der Waals surface area contributed by atoms with Crippen LogP contribution < -0.4 is 10.1 Å². The zero-order valence-electron chi connectivity index (χ0n) is 14.6. The van der Waals surface area contributed by atoms with Gasteiger partial charge in [-0.3, -0.25) is 9.69 Å². The van der Waals surface area contributed by atoms with Crippen molar-refractivity contribution >= 4 is 11.9 Å². The molecule has 1 aliphatic carbocycles. The van der Waals surface area contributed by atoms with Crippen molar-refractivity contribution in [3.05, 3.63) is 30.3 Å². The summed E-state index contributed by atoms with van der Waals surface area (Å²) in [5.74, 6) is 0.578. The van der Waals surface area contributed by atoms with Crippen molar-refractivity contribution in [1.29, 1.82) is 0 Å². The summed E-state index contributed by atoms with van der Waals surface area (Å²) < 4.78 is 5.50. The second-order valence-corrected chi connectivity index (χ2v) is 7.16. The van der Waals surface area contributed by atoms with Crippen LogP contribution in [0.4, 0.5) is 4.79 Å². The molecule has 0 spiro atoms. The first-order valence-electron chi connectivity index (χ1n) is 9.01. The molecule has 0 bridgehead atoms. The minimum absolute atomic E-state index is 0.0290. The lowest BCUT2D eigenvalue weighted by molar-refractivity contribution is -0.134. The van der Waals surface area contributed by atoms with Gasteiger partial charge in [0.1, 0.15) is 24.0 Å². The molecular formula is C19H26N2O4. The average Bonchev–Trinajstić information content (AvgIpc) is 2.86. The van der Waals surface area contributed by atoms with Gasteiger partial charge in [0.25, 0.3) is 5.91 Å². The zero-order chi connectivity index (χ0) is 17.9. The predicted molar refractivity (Wildman–Crippen MR) is 93.2 cm³/mol. The van der Waals surface area contributed by atoms with E-state index in [1.807, 2.05) is 25.1 Å². The maximum absolute atomic E-state index is 12.8. The van der Waals surface area contributed by atoms with Crippen LogP contribution in [0.5, 0.6) is 5.75 Å². The molecule has 1 heterocycles. The number of imide groups is 1. The van der Waals surface area contributed by atoms with E-state index in [1.165, 1.54) is 6.42 Å². The molecule has 25 heavy (non-hydrogen) atoms. The normalized spacial score (nSPS) is 25.8. The standard InChI is InChI=1S/C19H26N2O4/c1-19(14-8-4-2-5-9-14)17(23)21(18(24)20-19)12-15(22)13-25-16-10-6-3-7-11-16/h3,6-7,10-11,14-15,22H,2,4-5,8-9,12-13H2,1H3,(H,20,24)/t15-,19-/m1/s1. The molecule has 0 unspecified atom stereocenters. The van der Waals surface area contributed by atoms with Gasteiger partial charge in [0.15, 0.2) is 0 Å². The second kappa shape index (κ2) is 7.44. The lowest BCUT2D eigenvalue weighted by Crippen LogP contribution is -2.51. The number of carbonyl (C=O) groups is 2. The number of para-hydroxylation sites is 1. The quantitative estimate of drug-likeness (QED) is 0.775. The average molecular weight is 346 g/mol. The molecule has 6 nitrogen and oxygen atoms in total. The molecule has 1 aromatic rings. The number of nitrogens with zero attached hydrogens (tertiary/aromatic N) is 1. The Kier molecular flexibility index (Phi) is 5.27. The van der Waals surface area contributed by atoms with Gasteiger partial charge in [-0.15, -0.1) is 0 Å². The van der Waals surface area contributed by atoms with Gasteiger partial charge in [-0.05, 0) is 37.8 Å². The molecular weight excluding hydrogens is 320 g/mol. The van der Waals surface area contributed by atoms with E-state index in [9.17, 15) is 14.7 Å². The highest BCUT2D eigenvalue weighted by Gasteiger charge is 2.52. The summed E-state index contributed by atoms with van der Waals surface area (Å²) in [4.78, 5) is 26.3. The number of aliphatic hydroxyl groups excluding tert-OH is 1. The molecule has 2 N–H and O–H groups in total. The number of amides is 3. The SMILES string of the molecule is C[C@]1(C2CCCCC2)NC(=O)N(C[C@@H](O)COc2ccccc2)C1=O. The molecule has 3 amide bonds. The summed E-state index contributed by atoms with van der Waals surface area (Å²) in [7, 11) is 0. The highest BCUT2D eigenvalue weighted by molar-refractivity contribution is 6.07. The van der Waals surface area contributed by atoms with Gasteiger partial charge in [0.05, 0.1) is 6.54 Å². The smallest absolute Gasteiger partial charge is 0.325 e. The molecule has 2 atom stereocenters. The van der Waals surface area contributed by atoms with Crippen molar-refractivity contribution in [2.24, 2.45) is 5.92 Å². The van der Waals surface area contributed by atoms with Gasteiger partial charge in [0, 0.05) is 0 Å². The molecule has 0 radical (unpaired) electrons. The van der Waals surface area contributed by atoms with E-state index in [4.69, 9.17) is 4.74 Å². The van der Waals surface area contributed by atoms with E-state index in [-0.39, 0.29) is 25.0 Å². The van der Waals surface area contributed by atoms with Crippen molar-refractivity contribution in [3.63, 3.8) is 0 Å². The summed E-state index contributed by atoms with van der Waals surface area (Å²) in [5, 5.41) is 13.1. The molecule has 2 fully saturated rings. The van der Waals surface area contributed by atoms with Crippen LogP contribution in [0.1, 0.15) is 39.0 Å². The maximum atomic E-state index is 12.8. The van der Waals surface area contributed by atoms with E-state index in [1.54, 1.807) is 12.1 Å². The summed E-state index contributed by atoms with van der Waals surface area (Å²) in [6.45, 7) is 1.79. The van der Waals surface area contributed by atoms with Crippen molar-refractivity contribution in [2.75, 3.05) is 13.2 Å². The fourth-order valence-electron chi connectivity index (χ4n) is 3.81. The Morgan fingerprint density at radius 3 is 2.60 bits per heavy atom. The number of β-amino-alcohol motifs (C(OH)–C–C–N with tert-alkyl or cyclic N) is 1. The molecule has 0 aromatic heterocycles. The van der Waals surface area contributed by atoms with Gasteiger partial charge in [-0.2, -0.15) is 0 Å². The first-order chi connectivity index (χ1) is 12.0. The number of benzene rings is 1. The summed E-state index contributed by atoms with van der Waals surface area (Å²) in [6, 6.07) is 8.73. The zero-order valence-corrected chi connectivity index (χ0v) is 14.6.